The lowest BCUT2D eigenvalue weighted by Crippen LogP contribution is -2.38. The van der Waals surface area contributed by atoms with Crippen LogP contribution < -0.4 is 5.56 Å². The molecule has 2 aromatic heterocycles. The third-order valence-electron chi connectivity index (χ3n) is 3.89. The molecule has 0 N–H and O–H groups in total. The summed E-state index contributed by atoms with van der Waals surface area (Å²) >= 11 is 0. The molecule has 0 unspecified atom stereocenters. The van der Waals surface area contributed by atoms with Crippen LogP contribution in [0.1, 0.15) is 5.76 Å². The molecule has 0 radical (unpaired) electrons. The summed E-state index contributed by atoms with van der Waals surface area (Å²) in [5, 5.41) is 0. The number of benzene rings is 1. The van der Waals surface area contributed by atoms with Gasteiger partial charge in [-0.2, -0.15) is 0 Å². The lowest BCUT2D eigenvalue weighted by atomic mass is 10.3. The Morgan fingerprint density at radius 3 is 2.88 bits per heavy atom. The highest BCUT2D eigenvalue weighted by atomic mass is 16.5. The topological polar surface area (TPSA) is 77.6 Å². The van der Waals surface area contributed by atoms with Crippen molar-refractivity contribution in [2.45, 2.75) is 13.1 Å². The number of furan rings is 1. The first-order valence-corrected chi connectivity index (χ1v) is 7.92. The quantitative estimate of drug-likeness (QED) is 0.653. The van der Waals surface area contributed by atoms with Crippen LogP contribution in [-0.4, -0.2) is 40.6 Å². The Balaban J connectivity index is 1.85. The van der Waals surface area contributed by atoms with Gasteiger partial charge in [0, 0.05) is 13.7 Å². The summed E-state index contributed by atoms with van der Waals surface area (Å²) in [5.74, 6) is 0.489. The van der Waals surface area contributed by atoms with E-state index in [0.29, 0.717) is 36.5 Å². The average Bonchev–Trinajstić information content (AvgIpc) is 3.14. The van der Waals surface area contributed by atoms with E-state index in [2.05, 4.69) is 4.98 Å². The average molecular weight is 341 g/mol. The van der Waals surface area contributed by atoms with Gasteiger partial charge in [-0.1, -0.05) is 12.1 Å². The largest absolute Gasteiger partial charge is 0.467 e. The number of hydrogen-bond acceptors (Lipinski definition) is 5. The highest BCUT2D eigenvalue weighted by Crippen LogP contribution is 2.10. The van der Waals surface area contributed by atoms with Crippen molar-refractivity contribution in [1.82, 2.24) is 14.5 Å². The molecular formula is C18H19N3O4. The molecule has 0 spiro atoms. The van der Waals surface area contributed by atoms with E-state index in [0.717, 1.165) is 0 Å². The summed E-state index contributed by atoms with van der Waals surface area (Å²) in [7, 11) is 1.58. The van der Waals surface area contributed by atoms with Crippen LogP contribution >= 0.6 is 0 Å². The van der Waals surface area contributed by atoms with E-state index >= 15 is 0 Å². The van der Waals surface area contributed by atoms with Gasteiger partial charge >= 0.3 is 0 Å². The van der Waals surface area contributed by atoms with Gasteiger partial charge in [-0.15, -0.1) is 0 Å². The molecule has 0 aliphatic carbocycles. The molecule has 1 aromatic carbocycles. The highest BCUT2D eigenvalue weighted by molar-refractivity contribution is 5.80. The second-order valence-electron chi connectivity index (χ2n) is 5.56. The van der Waals surface area contributed by atoms with Crippen LogP contribution in [-0.2, 0) is 22.6 Å². The zero-order valence-corrected chi connectivity index (χ0v) is 13.9. The Bertz CT molecular complexity index is 902. The van der Waals surface area contributed by atoms with Crippen molar-refractivity contribution in [2.24, 2.45) is 0 Å². The third kappa shape index (κ3) is 3.95. The maximum absolute atomic E-state index is 12.8. The van der Waals surface area contributed by atoms with Crippen LogP contribution in [0.5, 0.6) is 0 Å². The molecule has 2 heterocycles. The maximum Gasteiger partial charge on any atom is 0.269 e. The van der Waals surface area contributed by atoms with Gasteiger partial charge in [0.15, 0.2) is 0 Å². The van der Waals surface area contributed by atoms with Crippen LogP contribution in [0.3, 0.4) is 0 Å². The number of carbonyl (C=O) groups excluding carboxylic acids is 1. The zero-order chi connectivity index (χ0) is 17.6. The molecule has 1 amide bonds. The normalized spacial score (nSPS) is 10.9. The van der Waals surface area contributed by atoms with Crippen LogP contribution in [0, 0.1) is 0 Å². The van der Waals surface area contributed by atoms with E-state index in [1.54, 1.807) is 42.5 Å². The van der Waals surface area contributed by atoms with Crippen molar-refractivity contribution in [3.63, 3.8) is 0 Å². The van der Waals surface area contributed by atoms with Gasteiger partial charge < -0.3 is 14.1 Å². The van der Waals surface area contributed by atoms with Crippen molar-refractivity contribution in [3.05, 3.63) is 65.0 Å². The second-order valence-corrected chi connectivity index (χ2v) is 5.56. The van der Waals surface area contributed by atoms with E-state index in [9.17, 15) is 9.59 Å². The fourth-order valence-corrected chi connectivity index (χ4v) is 2.60. The zero-order valence-electron chi connectivity index (χ0n) is 13.9. The number of ether oxygens (including phenoxy) is 1. The van der Waals surface area contributed by atoms with Crippen molar-refractivity contribution in [2.75, 3.05) is 20.3 Å². The number of amides is 1. The van der Waals surface area contributed by atoms with Crippen molar-refractivity contribution < 1.29 is 13.9 Å². The summed E-state index contributed by atoms with van der Waals surface area (Å²) < 4.78 is 11.8. The number of hydrogen-bond donors (Lipinski definition) is 0. The summed E-state index contributed by atoms with van der Waals surface area (Å²) in [5.41, 5.74) is 0.995. The van der Waals surface area contributed by atoms with Crippen LogP contribution in [0.15, 0.2) is 58.1 Å². The first-order valence-electron chi connectivity index (χ1n) is 7.92. The van der Waals surface area contributed by atoms with E-state index in [4.69, 9.17) is 9.15 Å². The van der Waals surface area contributed by atoms with Gasteiger partial charge in [0.2, 0.25) is 5.91 Å². The van der Waals surface area contributed by atoms with E-state index < -0.39 is 0 Å². The van der Waals surface area contributed by atoms with E-state index in [1.165, 1.54) is 10.8 Å². The van der Waals surface area contributed by atoms with Crippen molar-refractivity contribution in [1.29, 1.82) is 0 Å². The van der Waals surface area contributed by atoms with Crippen molar-refractivity contribution >= 4 is 16.9 Å². The lowest BCUT2D eigenvalue weighted by molar-refractivity contribution is -0.133. The first-order chi connectivity index (χ1) is 12.2. The molecule has 130 valence electrons. The monoisotopic (exact) mass is 341 g/mol. The molecule has 0 fully saturated rings. The number of fused-ring (bicyclic) bond motifs is 1. The Morgan fingerprint density at radius 1 is 1.28 bits per heavy atom. The molecule has 25 heavy (non-hydrogen) atoms. The Kier molecular flexibility index (Phi) is 5.25. The molecular weight excluding hydrogens is 322 g/mol. The summed E-state index contributed by atoms with van der Waals surface area (Å²) in [6.07, 6.45) is 2.80. The Labute approximate surface area is 144 Å². The van der Waals surface area contributed by atoms with E-state index in [-0.39, 0.29) is 18.0 Å². The number of nitrogens with zero attached hydrogens (tertiary/aromatic N) is 3. The minimum absolute atomic E-state index is 0.0632. The highest BCUT2D eigenvalue weighted by Gasteiger charge is 2.17. The molecule has 3 rings (SSSR count). The number of rotatable bonds is 7. The van der Waals surface area contributed by atoms with Gasteiger partial charge in [-0.25, -0.2) is 4.98 Å². The Hall–Kier alpha value is -2.93. The summed E-state index contributed by atoms with van der Waals surface area (Å²) in [6, 6.07) is 10.8. The smallest absolute Gasteiger partial charge is 0.269 e. The van der Waals surface area contributed by atoms with Crippen LogP contribution in [0.2, 0.25) is 0 Å². The first kappa shape index (κ1) is 16.9. The minimum Gasteiger partial charge on any atom is -0.467 e. The molecule has 0 bridgehead atoms. The minimum atomic E-state index is -0.309. The number of carbonyl (C=O) groups is 1. The number of methoxy groups -OCH3 is 1. The second kappa shape index (κ2) is 7.76. The fraction of sp³-hybridized carbons (Fsp3) is 0.278. The van der Waals surface area contributed by atoms with Gasteiger partial charge in [0.1, 0.15) is 12.3 Å². The van der Waals surface area contributed by atoms with E-state index in [1.807, 2.05) is 12.1 Å². The molecule has 0 saturated heterocycles. The molecule has 0 atom stereocenters. The summed E-state index contributed by atoms with van der Waals surface area (Å²) in [6.45, 7) is 1.07. The predicted octanol–water partition coefficient (Wildman–Crippen LogP) is 1.66. The fourth-order valence-electron chi connectivity index (χ4n) is 2.60. The molecule has 0 aliphatic rings. The van der Waals surface area contributed by atoms with Crippen LogP contribution in [0.25, 0.3) is 11.0 Å². The standard InChI is InChI=1S/C18H19N3O4/c1-24-10-8-20(12-14-5-4-9-25-14)18(23)13-21-16-7-3-2-6-15(16)19-11-17(21)22/h2-7,9,11H,8,10,12-13H2,1H3. The maximum atomic E-state index is 12.8. The van der Waals surface area contributed by atoms with Crippen molar-refractivity contribution in [3.8, 4) is 0 Å². The summed E-state index contributed by atoms with van der Waals surface area (Å²) in [4.78, 5) is 30.7. The molecule has 7 heteroatoms. The third-order valence-corrected chi connectivity index (χ3v) is 3.89. The molecule has 0 aliphatic heterocycles. The molecule has 7 nitrogen and oxygen atoms in total. The van der Waals surface area contributed by atoms with Gasteiger partial charge in [0.05, 0.1) is 36.6 Å². The lowest BCUT2D eigenvalue weighted by Gasteiger charge is -2.22. The molecule has 0 saturated carbocycles. The number of aromatic nitrogens is 2. The number of para-hydroxylation sites is 2. The van der Waals surface area contributed by atoms with Gasteiger partial charge in [0.25, 0.3) is 5.56 Å². The molecule has 3 aromatic rings. The predicted molar refractivity (Wildman–Crippen MR) is 92.0 cm³/mol. The van der Waals surface area contributed by atoms with Gasteiger partial charge in [-0.05, 0) is 24.3 Å². The van der Waals surface area contributed by atoms with Gasteiger partial charge in [-0.3, -0.25) is 14.2 Å². The SMILES string of the molecule is COCCN(Cc1ccco1)C(=O)Cn1c(=O)cnc2ccccc21. The Morgan fingerprint density at radius 2 is 2.12 bits per heavy atom. The van der Waals surface area contributed by atoms with Crippen LogP contribution in [0.4, 0.5) is 0 Å².